The molecule has 2 nitrogen and oxygen atoms in total. The summed E-state index contributed by atoms with van der Waals surface area (Å²) in [6.45, 7) is 6.64. The summed E-state index contributed by atoms with van der Waals surface area (Å²) in [6.07, 6.45) is 3.55. The second-order valence-corrected chi connectivity index (χ2v) is 6.19. The van der Waals surface area contributed by atoms with E-state index in [4.69, 9.17) is 0 Å². The van der Waals surface area contributed by atoms with Crippen LogP contribution in [0.25, 0.3) is 0 Å². The van der Waals surface area contributed by atoms with Gasteiger partial charge in [0.1, 0.15) is 0 Å². The topological polar surface area (TPSA) is 29.1 Å². The van der Waals surface area contributed by atoms with E-state index < -0.39 is 0 Å². The molecule has 2 heteroatoms. The minimum atomic E-state index is 0.108. The highest BCUT2D eigenvalue weighted by atomic mass is 16.1. The van der Waals surface area contributed by atoms with Crippen molar-refractivity contribution >= 4 is 11.6 Å². The largest absolute Gasteiger partial charge is 0.326 e. The molecule has 1 amide bonds. The van der Waals surface area contributed by atoms with Gasteiger partial charge in [0, 0.05) is 11.6 Å². The molecule has 1 aromatic rings. The predicted octanol–water partition coefficient (Wildman–Crippen LogP) is 4.09. The summed E-state index contributed by atoms with van der Waals surface area (Å²) in [7, 11) is 0. The molecule has 1 N–H and O–H groups in total. The molecule has 1 fully saturated rings. The predicted molar refractivity (Wildman–Crippen MR) is 75.4 cm³/mol. The summed E-state index contributed by atoms with van der Waals surface area (Å²) in [5.41, 5.74) is 1.01. The second kappa shape index (κ2) is 5.13. The van der Waals surface area contributed by atoms with E-state index in [1.165, 1.54) is 6.42 Å². The Hall–Kier alpha value is -1.31. The van der Waals surface area contributed by atoms with E-state index in [-0.39, 0.29) is 17.2 Å². The third-order valence-corrected chi connectivity index (χ3v) is 4.22. The Morgan fingerprint density at radius 3 is 2.56 bits per heavy atom. The van der Waals surface area contributed by atoms with E-state index >= 15 is 0 Å². The first-order chi connectivity index (χ1) is 8.50. The lowest BCUT2D eigenvalue weighted by Gasteiger charge is -2.41. The summed E-state index contributed by atoms with van der Waals surface area (Å²) in [5, 5.41) is 3.06. The van der Waals surface area contributed by atoms with Crippen molar-refractivity contribution in [2.24, 2.45) is 17.3 Å². The summed E-state index contributed by atoms with van der Waals surface area (Å²) >= 11 is 0. The fourth-order valence-electron chi connectivity index (χ4n) is 3.33. The van der Waals surface area contributed by atoms with Crippen LogP contribution in [0.3, 0.4) is 0 Å². The van der Waals surface area contributed by atoms with Crippen molar-refractivity contribution in [3.05, 3.63) is 30.3 Å². The molecular weight excluding hydrogens is 222 g/mol. The van der Waals surface area contributed by atoms with Crippen LogP contribution in [-0.2, 0) is 4.79 Å². The number of anilines is 1. The highest BCUT2D eigenvalue weighted by Crippen LogP contribution is 2.44. The lowest BCUT2D eigenvalue weighted by Crippen LogP contribution is -2.42. The Kier molecular flexibility index (Phi) is 3.74. The number of carbonyl (C=O) groups is 1. The van der Waals surface area contributed by atoms with Gasteiger partial charge in [-0.1, -0.05) is 45.4 Å². The van der Waals surface area contributed by atoms with Crippen LogP contribution in [0, 0.1) is 17.3 Å². The van der Waals surface area contributed by atoms with E-state index in [0.29, 0.717) is 5.92 Å². The maximum Gasteiger partial charge on any atom is 0.228 e. The SMILES string of the molecule is CC1CCCC(C)(C)C1C(=O)Nc1ccccc1. The van der Waals surface area contributed by atoms with E-state index in [2.05, 4.69) is 26.1 Å². The zero-order valence-electron chi connectivity index (χ0n) is 11.6. The standard InChI is InChI=1S/C16H23NO/c1-12-8-7-11-16(2,3)14(12)15(18)17-13-9-5-4-6-10-13/h4-6,9-10,12,14H,7-8,11H2,1-3H3,(H,17,18). The van der Waals surface area contributed by atoms with Crippen molar-refractivity contribution in [1.29, 1.82) is 0 Å². The molecule has 0 aliphatic heterocycles. The molecule has 0 saturated heterocycles. The zero-order valence-corrected chi connectivity index (χ0v) is 11.6. The van der Waals surface area contributed by atoms with Gasteiger partial charge in [-0.3, -0.25) is 4.79 Å². The fourth-order valence-corrected chi connectivity index (χ4v) is 3.33. The van der Waals surface area contributed by atoms with Gasteiger partial charge in [0.25, 0.3) is 0 Å². The maximum atomic E-state index is 12.5. The zero-order chi connectivity index (χ0) is 13.2. The summed E-state index contributed by atoms with van der Waals surface area (Å²) < 4.78 is 0. The van der Waals surface area contributed by atoms with Gasteiger partial charge >= 0.3 is 0 Å². The highest BCUT2D eigenvalue weighted by molar-refractivity contribution is 5.93. The number of hydrogen-bond donors (Lipinski definition) is 1. The van der Waals surface area contributed by atoms with E-state index in [0.717, 1.165) is 18.5 Å². The molecule has 2 unspecified atom stereocenters. The molecule has 0 aromatic heterocycles. The number of para-hydroxylation sites is 1. The van der Waals surface area contributed by atoms with Gasteiger partial charge in [0.2, 0.25) is 5.91 Å². The molecule has 1 aliphatic carbocycles. The second-order valence-electron chi connectivity index (χ2n) is 6.19. The molecule has 1 aromatic carbocycles. The number of carbonyl (C=O) groups excluding carboxylic acids is 1. The van der Waals surface area contributed by atoms with Crippen LogP contribution in [0.15, 0.2) is 30.3 Å². The smallest absolute Gasteiger partial charge is 0.228 e. The van der Waals surface area contributed by atoms with Crippen molar-refractivity contribution in [2.45, 2.75) is 40.0 Å². The van der Waals surface area contributed by atoms with Gasteiger partial charge in [-0.25, -0.2) is 0 Å². The van der Waals surface area contributed by atoms with Crippen LogP contribution in [0.2, 0.25) is 0 Å². The van der Waals surface area contributed by atoms with Crippen LogP contribution in [0.5, 0.6) is 0 Å². The molecule has 0 spiro atoms. The van der Waals surface area contributed by atoms with E-state index in [1.54, 1.807) is 0 Å². The van der Waals surface area contributed by atoms with Gasteiger partial charge < -0.3 is 5.32 Å². The molecule has 1 saturated carbocycles. The summed E-state index contributed by atoms with van der Waals surface area (Å²) in [6, 6.07) is 9.75. The Bertz CT molecular complexity index is 410. The molecule has 98 valence electrons. The maximum absolute atomic E-state index is 12.5. The van der Waals surface area contributed by atoms with Crippen LogP contribution in [-0.4, -0.2) is 5.91 Å². The Morgan fingerprint density at radius 1 is 1.28 bits per heavy atom. The van der Waals surface area contributed by atoms with E-state index in [1.807, 2.05) is 30.3 Å². The Morgan fingerprint density at radius 2 is 1.94 bits per heavy atom. The van der Waals surface area contributed by atoms with Crippen LogP contribution < -0.4 is 5.32 Å². The number of nitrogens with one attached hydrogen (secondary N) is 1. The monoisotopic (exact) mass is 245 g/mol. The van der Waals surface area contributed by atoms with Gasteiger partial charge in [0.15, 0.2) is 0 Å². The Labute approximate surface area is 110 Å². The number of hydrogen-bond acceptors (Lipinski definition) is 1. The van der Waals surface area contributed by atoms with Crippen LogP contribution in [0.4, 0.5) is 5.69 Å². The number of benzene rings is 1. The van der Waals surface area contributed by atoms with Crippen molar-refractivity contribution in [1.82, 2.24) is 0 Å². The summed E-state index contributed by atoms with van der Waals surface area (Å²) in [5.74, 6) is 0.766. The Balaban J connectivity index is 2.12. The molecule has 2 rings (SSSR count). The van der Waals surface area contributed by atoms with E-state index in [9.17, 15) is 4.79 Å². The first-order valence-electron chi connectivity index (χ1n) is 6.86. The normalized spacial score (nSPS) is 26.6. The number of rotatable bonds is 2. The lowest BCUT2D eigenvalue weighted by molar-refractivity contribution is -0.127. The highest BCUT2D eigenvalue weighted by Gasteiger charge is 2.41. The van der Waals surface area contributed by atoms with Gasteiger partial charge in [-0.2, -0.15) is 0 Å². The molecule has 0 bridgehead atoms. The first-order valence-corrected chi connectivity index (χ1v) is 6.86. The van der Waals surface area contributed by atoms with Crippen molar-refractivity contribution in [3.8, 4) is 0 Å². The van der Waals surface area contributed by atoms with Gasteiger partial charge in [-0.15, -0.1) is 0 Å². The quantitative estimate of drug-likeness (QED) is 0.835. The minimum absolute atomic E-state index is 0.108. The van der Waals surface area contributed by atoms with Crippen molar-refractivity contribution < 1.29 is 4.79 Å². The molecular formula is C16H23NO. The minimum Gasteiger partial charge on any atom is -0.326 e. The first kappa shape index (κ1) is 13.1. The average Bonchev–Trinajstić information content (AvgIpc) is 2.28. The van der Waals surface area contributed by atoms with Crippen LogP contribution in [0.1, 0.15) is 40.0 Å². The van der Waals surface area contributed by atoms with Crippen molar-refractivity contribution in [2.75, 3.05) is 5.32 Å². The van der Waals surface area contributed by atoms with Gasteiger partial charge in [-0.05, 0) is 36.3 Å². The molecule has 0 radical (unpaired) electrons. The summed E-state index contributed by atoms with van der Waals surface area (Å²) in [4.78, 5) is 12.5. The molecule has 2 atom stereocenters. The lowest BCUT2D eigenvalue weighted by atomic mass is 9.64. The number of amides is 1. The fraction of sp³-hybridized carbons (Fsp3) is 0.562. The molecule has 1 aliphatic rings. The molecule has 18 heavy (non-hydrogen) atoms. The molecule has 0 heterocycles. The third kappa shape index (κ3) is 2.74. The average molecular weight is 245 g/mol. The van der Waals surface area contributed by atoms with Crippen LogP contribution >= 0.6 is 0 Å². The van der Waals surface area contributed by atoms with Gasteiger partial charge in [0.05, 0.1) is 0 Å². The van der Waals surface area contributed by atoms with Crippen molar-refractivity contribution in [3.63, 3.8) is 0 Å². The third-order valence-electron chi connectivity index (χ3n) is 4.22.